The summed E-state index contributed by atoms with van der Waals surface area (Å²) in [6.45, 7) is 2.09. The number of aliphatic carboxylic acids is 1. The molecule has 0 saturated carbocycles. The number of nitrogens with two attached hydrogens (primary N) is 2. The summed E-state index contributed by atoms with van der Waals surface area (Å²) >= 11 is 0. The third-order valence-corrected chi connectivity index (χ3v) is 6.25. The third kappa shape index (κ3) is 6.37. The highest BCUT2D eigenvalue weighted by atomic mass is 32.2. The maximum atomic E-state index is 12.6. The molecule has 186 valence electrons. The molecular weight excluding hydrogens is 474 g/mol. The minimum Gasteiger partial charge on any atom is -0.550 e. The van der Waals surface area contributed by atoms with Crippen molar-refractivity contribution in [1.29, 1.82) is 0 Å². The molecule has 12 heteroatoms. The molecule has 0 spiro atoms. The number of carboxylic acid groups (broad SMARTS) is 1. The Labute approximate surface area is 203 Å². The monoisotopic (exact) mass is 500 g/mol. The first-order valence-corrected chi connectivity index (χ1v) is 11.9. The summed E-state index contributed by atoms with van der Waals surface area (Å²) in [6, 6.07) is 9.88. The number of benzene rings is 2. The molecule has 2 aromatic carbocycles. The average molecular weight is 501 g/mol. The minimum absolute atomic E-state index is 0.0298. The number of rotatable bonds is 10. The molecule has 0 saturated heterocycles. The lowest BCUT2D eigenvalue weighted by molar-refractivity contribution is -0.304. The summed E-state index contributed by atoms with van der Waals surface area (Å²) < 4.78 is 37.5. The van der Waals surface area contributed by atoms with Crippen molar-refractivity contribution in [1.82, 2.24) is 14.3 Å². The van der Waals surface area contributed by atoms with E-state index < -0.39 is 16.3 Å². The molecule has 3 rings (SSSR count). The van der Waals surface area contributed by atoms with Crippen LogP contribution in [-0.4, -0.2) is 49.4 Å². The number of nitrogen functional groups attached to an aromatic ring is 2. The Morgan fingerprint density at radius 3 is 2.31 bits per heavy atom. The maximum Gasteiger partial charge on any atom is 0.384 e. The highest BCUT2D eigenvalue weighted by Crippen LogP contribution is 2.41. The van der Waals surface area contributed by atoms with Gasteiger partial charge in [0.1, 0.15) is 11.6 Å². The van der Waals surface area contributed by atoms with Crippen LogP contribution in [0.5, 0.6) is 11.5 Å². The second-order valence-electron chi connectivity index (χ2n) is 7.78. The van der Waals surface area contributed by atoms with E-state index in [0.29, 0.717) is 40.2 Å². The molecule has 0 bridgehead atoms. The number of carbonyl (C=O) groups excluding carboxylic acids is 1. The van der Waals surface area contributed by atoms with Crippen LogP contribution in [0.1, 0.15) is 23.6 Å². The van der Waals surface area contributed by atoms with E-state index in [1.807, 2.05) is 0 Å². The first-order chi connectivity index (χ1) is 16.5. The van der Waals surface area contributed by atoms with E-state index in [9.17, 15) is 18.3 Å². The van der Waals surface area contributed by atoms with Gasteiger partial charge in [-0.25, -0.2) is 4.98 Å². The molecule has 0 unspecified atom stereocenters. The summed E-state index contributed by atoms with van der Waals surface area (Å²) in [5, 5.41) is 10.9. The van der Waals surface area contributed by atoms with Crippen LogP contribution in [0.3, 0.4) is 0 Å². The zero-order chi connectivity index (χ0) is 25.8. The van der Waals surface area contributed by atoms with Gasteiger partial charge in [-0.1, -0.05) is 24.3 Å². The number of anilines is 2. The van der Waals surface area contributed by atoms with Gasteiger partial charge in [-0.2, -0.15) is 17.7 Å². The third-order valence-electron chi connectivity index (χ3n) is 4.97. The van der Waals surface area contributed by atoms with Crippen LogP contribution in [0, 0.1) is 0 Å². The Bertz CT molecular complexity index is 1330. The van der Waals surface area contributed by atoms with Crippen molar-refractivity contribution in [3.63, 3.8) is 0 Å². The Kier molecular flexibility index (Phi) is 7.77. The van der Waals surface area contributed by atoms with Crippen LogP contribution in [0.25, 0.3) is 11.1 Å². The van der Waals surface area contributed by atoms with E-state index in [4.69, 9.17) is 20.4 Å². The standard InChI is InChI=1S/C23H27N5O6S/c1-4-33-18-10-15(9-17-13-26-23(25)27-22(17)24)11-19(34-35(31,32)28(2)3)21(18)16-7-5-14(6-8-16)12-20(29)30/h5-8,10-11,13H,4,9,12H2,1-3H3,(H,29,30)(H4,24,25,26,27)/p-1. The molecule has 0 fully saturated rings. The van der Waals surface area contributed by atoms with Crippen molar-refractivity contribution in [2.75, 3.05) is 32.2 Å². The number of carbonyl (C=O) groups is 1. The summed E-state index contributed by atoms with van der Waals surface area (Å²) in [6.07, 6.45) is 1.51. The average Bonchev–Trinajstić information content (AvgIpc) is 2.76. The smallest absolute Gasteiger partial charge is 0.384 e. The molecule has 3 aromatic rings. The maximum absolute atomic E-state index is 12.6. The van der Waals surface area contributed by atoms with Crippen LogP contribution in [0.15, 0.2) is 42.6 Å². The van der Waals surface area contributed by atoms with Gasteiger partial charge in [0.15, 0.2) is 5.75 Å². The SMILES string of the molecule is CCOc1cc(Cc2cnc(N)nc2N)cc(OS(=O)(=O)N(C)C)c1-c1ccc(CC(=O)[O-])cc1. The molecule has 0 aliphatic carbocycles. The summed E-state index contributed by atoms with van der Waals surface area (Å²) in [5.74, 6) is -0.561. The Balaban J connectivity index is 2.16. The van der Waals surface area contributed by atoms with E-state index in [1.165, 1.54) is 20.3 Å². The van der Waals surface area contributed by atoms with Crippen molar-refractivity contribution in [2.24, 2.45) is 0 Å². The number of nitrogens with zero attached hydrogens (tertiary/aromatic N) is 3. The van der Waals surface area contributed by atoms with Crippen LogP contribution in [0.2, 0.25) is 0 Å². The van der Waals surface area contributed by atoms with E-state index in [0.717, 1.165) is 4.31 Å². The summed E-state index contributed by atoms with van der Waals surface area (Å²) in [4.78, 5) is 18.9. The number of hydrogen-bond acceptors (Lipinski definition) is 10. The Morgan fingerprint density at radius 1 is 1.09 bits per heavy atom. The highest BCUT2D eigenvalue weighted by molar-refractivity contribution is 7.84. The van der Waals surface area contributed by atoms with Crippen LogP contribution >= 0.6 is 0 Å². The lowest BCUT2D eigenvalue weighted by Gasteiger charge is -2.20. The molecule has 0 amide bonds. The number of carboxylic acids is 1. The molecule has 35 heavy (non-hydrogen) atoms. The van der Waals surface area contributed by atoms with E-state index >= 15 is 0 Å². The molecule has 1 aromatic heterocycles. The number of hydrogen-bond donors (Lipinski definition) is 2. The number of aromatic nitrogens is 2. The van der Waals surface area contributed by atoms with Crippen LogP contribution in [0.4, 0.5) is 11.8 Å². The van der Waals surface area contributed by atoms with Gasteiger partial charge >= 0.3 is 10.3 Å². The van der Waals surface area contributed by atoms with Crippen molar-refractivity contribution in [2.45, 2.75) is 19.8 Å². The minimum atomic E-state index is -4.12. The van der Waals surface area contributed by atoms with E-state index in [2.05, 4.69) is 9.97 Å². The van der Waals surface area contributed by atoms with Crippen LogP contribution in [-0.2, 0) is 27.9 Å². The van der Waals surface area contributed by atoms with Gasteiger partial charge in [-0.15, -0.1) is 0 Å². The fraction of sp³-hybridized carbons (Fsp3) is 0.261. The fourth-order valence-electron chi connectivity index (χ4n) is 3.30. The topological polar surface area (TPSA) is 174 Å². The van der Waals surface area contributed by atoms with Gasteiger partial charge < -0.3 is 30.3 Å². The normalized spacial score (nSPS) is 11.4. The van der Waals surface area contributed by atoms with E-state index in [-0.39, 0.29) is 30.4 Å². The lowest BCUT2D eigenvalue weighted by Crippen LogP contribution is -2.27. The first-order valence-electron chi connectivity index (χ1n) is 10.6. The quantitative estimate of drug-likeness (QED) is 0.405. The molecule has 11 nitrogen and oxygen atoms in total. The summed E-state index contributed by atoms with van der Waals surface area (Å²) in [5.41, 5.74) is 14.3. The predicted octanol–water partition coefficient (Wildman–Crippen LogP) is 0.775. The molecule has 4 N–H and O–H groups in total. The molecule has 0 aliphatic heterocycles. The predicted molar refractivity (Wildman–Crippen MR) is 129 cm³/mol. The van der Waals surface area contributed by atoms with Gasteiger partial charge in [0.2, 0.25) is 5.95 Å². The second kappa shape index (κ2) is 10.6. The molecule has 0 radical (unpaired) electrons. The fourth-order valence-corrected chi connectivity index (χ4v) is 3.81. The van der Waals surface area contributed by atoms with Gasteiger partial charge in [0, 0.05) is 44.7 Å². The molecule has 0 atom stereocenters. The lowest BCUT2D eigenvalue weighted by atomic mass is 9.97. The van der Waals surface area contributed by atoms with Crippen molar-refractivity contribution in [3.05, 3.63) is 59.3 Å². The van der Waals surface area contributed by atoms with E-state index in [1.54, 1.807) is 43.3 Å². The van der Waals surface area contributed by atoms with Crippen molar-refractivity contribution >= 4 is 28.0 Å². The van der Waals surface area contributed by atoms with Crippen molar-refractivity contribution in [3.8, 4) is 22.6 Å². The Morgan fingerprint density at radius 2 is 1.74 bits per heavy atom. The first kappa shape index (κ1) is 25.7. The second-order valence-corrected chi connectivity index (χ2v) is 9.54. The summed E-state index contributed by atoms with van der Waals surface area (Å²) in [7, 11) is -1.41. The van der Waals surface area contributed by atoms with Crippen molar-refractivity contribution < 1.29 is 27.2 Å². The zero-order valence-electron chi connectivity index (χ0n) is 19.5. The number of ether oxygens (including phenoxy) is 1. The Hall–Kier alpha value is -3.90. The largest absolute Gasteiger partial charge is 0.550 e. The molecular formula is C23H26N5O6S-. The van der Waals surface area contributed by atoms with Crippen LogP contribution < -0.4 is 25.5 Å². The van der Waals surface area contributed by atoms with Gasteiger partial charge in [0.25, 0.3) is 0 Å². The molecule has 1 heterocycles. The van der Waals surface area contributed by atoms with Gasteiger partial charge in [-0.05, 0) is 35.7 Å². The van der Waals surface area contributed by atoms with Gasteiger partial charge in [-0.3, -0.25) is 0 Å². The molecule has 0 aliphatic rings. The zero-order valence-corrected chi connectivity index (χ0v) is 20.3. The highest BCUT2D eigenvalue weighted by Gasteiger charge is 2.23. The van der Waals surface area contributed by atoms with Gasteiger partial charge in [0.05, 0.1) is 12.2 Å².